The summed E-state index contributed by atoms with van der Waals surface area (Å²) in [5.41, 5.74) is 0.871. The van der Waals surface area contributed by atoms with Gasteiger partial charge in [-0.1, -0.05) is 49.7 Å². The van der Waals surface area contributed by atoms with Crippen molar-refractivity contribution >= 4 is 41.0 Å². The zero-order valence-electron chi connectivity index (χ0n) is 15.8. The molecule has 0 fully saturated rings. The lowest BCUT2D eigenvalue weighted by Gasteiger charge is -2.27. The Hall–Kier alpha value is -3.19. The van der Waals surface area contributed by atoms with Gasteiger partial charge < -0.3 is 10.1 Å². The Morgan fingerprint density at radius 3 is 2.10 bits per heavy atom. The second-order valence-electron chi connectivity index (χ2n) is 6.85. The molecule has 2 aromatic rings. The monoisotopic (exact) mass is 414 g/mol. The summed E-state index contributed by atoms with van der Waals surface area (Å²) in [5, 5.41) is 2.88. The van der Waals surface area contributed by atoms with E-state index in [1.807, 2.05) is 0 Å². The van der Waals surface area contributed by atoms with Crippen molar-refractivity contribution in [2.45, 2.75) is 19.9 Å². The maximum atomic E-state index is 12.7. The molecule has 2 aromatic carbocycles. The maximum Gasteiger partial charge on any atom is 0.330 e. The van der Waals surface area contributed by atoms with Crippen LogP contribution in [0, 0.1) is 5.92 Å². The molecule has 7 nitrogen and oxygen atoms in total. The van der Waals surface area contributed by atoms with E-state index >= 15 is 0 Å². The molecule has 3 rings (SSSR count). The Morgan fingerprint density at radius 2 is 1.55 bits per heavy atom. The number of nitrogens with zero attached hydrogens (tertiary/aromatic N) is 1. The van der Waals surface area contributed by atoms with E-state index in [1.54, 1.807) is 50.2 Å². The number of ether oxygens (including phenoxy) is 1. The molecule has 0 unspecified atom stereocenters. The lowest BCUT2D eigenvalue weighted by molar-refractivity contribution is -0.152. The van der Waals surface area contributed by atoms with E-state index < -0.39 is 42.3 Å². The number of nitrogens with one attached hydrogen (secondary N) is 1. The fourth-order valence-corrected chi connectivity index (χ4v) is 3.29. The summed E-state index contributed by atoms with van der Waals surface area (Å²) in [5.74, 6) is -2.93. The van der Waals surface area contributed by atoms with Crippen LogP contribution >= 0.6 is 11.6 Å². The van der Waals surface area contributed by atoms with Crippen molar-refractivity contribution in [2.75, 3.05) is 11.9 Å². The number of rotatable bonds is 6. The molecule has 150 valence electrons. The number of fused-ring (bicyclic) bond motifs is 1. The minimum atomic E-state index is -1.14. The lowest BCUT2D eigenvalue weighted by atomic mass is 10.0. The molecule has 1 aliphatic heterocycles. The van der Waals surface area contributed by atoms with E-state index in [1.165, 1.54) is 12.1 Å². The van der Waals surface area contributed by atoms with Gasteiger partial charge in [0.05, 0.1) is 21.8 Å². The summed E-state index contributed by atoms with van der Waals surface area (Å²) in [7, 11) is 0. The van der Waals surface area contributed by atoms with Crippen molar-refractivity contribution in [3.05, 3.63) is 64.7 Å². The molecular weight excluding hydrogens is 396 g/mol. The highest BCUT2D eigenvalue weighted by atomic mass is 35.5. The van der Waals surface area contributed by atoms with Gasteiger partial charge in [0, 0.05) is 0 Å². The molecule has 0 aromatic heterocycles. The maximum absolute atomic E-state index is 12.7. The van der Waals surface area contributed by atoms with E-state index in [0.29, 0.717) is 10.7 Å². The first kappa shape index (κ1) is 20.5. The van der Waals surface area contributed by atoms with E-state index in [-0.39, 0.29) is 11.1 Å². The summed E-state index contributed by atoms with van der Waals surface area (Å²) in [6.07, 6.45) is 0. The summed E-state index contributed by atoms with van der Waals surface area (Å²) in [6, 6.07) is 11.9. The van der Waals surface area contributed by atoms with Crippen molar-refractivity contribution in [3.63, 3.8) is 0 Å². The molecule has 1 heterocycles. The number of hydrogen-bond acceptors (Lipinski definition) is 5. The van der Waals surface area contributed by atoms with Crippen molar-refractivity contribution in [1.82, 2.24) is 4.90 Å². The largest absolute Gasteiger partial charge is 0.454 e. The van der Waals surface area contributed by atoms with Crippen LogP contribution in [0.4, 0.5) is 5.69 Å². The first-order valence-corrected chi connectivity index (χ1v) is 9.37. The highest BCUT2D eigenvalue weighted by Crippen LogP contribution is 2.27. The second kappa shape index (κ2) is 8.45. The van der Waals surface area contributed by atoms with Crippen LogP contribution < -0.4 is 5.32 Å². The minimum absolute atomic E-state index is 0.243. The van der Waals surface area contributed by atoms with E-state index in [0.717, 1.165) is 4.90 Å². The Balaban J connectivity index is 1.69. The lowest BCUT2D eigenvalue weighted by Crippen LogP contribution is -2.49. The molecule has 1 aliphatic rings. The number of carbonyl (C=O) groups excluding carboxylic acids is 4. The first-order valence-electron chi connectivity index (χ1n) is 8.99. The molecule has 0 saturated carbocycles. The topological polar surface area (TPSA) is 92.8 Å². The van der Waals surface area contributed by atoms with Crippen LogP contribution in [-0.4, -0.2) is 41.2 Å². The Bertz CT molecular complexity index is 954. The van der Waals surface area contributed by atoms with Crippen molar-refractivity contribution < 1.29 is 23.9 Å². The van der Waals surface area contributed by atoms with Crippen LogP contribution in [0.2, 0.25) is 5.02 Å². The zero-order chi connectivity index (χ0) is 21.1. The minimum Gasteiger partial charge on any atom is -0.454 e. The van der Waals surface area contributed by atoms with Gasteiger partial charge in [-0.2, -0.15) is 0 Å². The fraction of sp³-hybridized carbons (Fsp3) is 0.238. The Kier molecular flexibility index (Phi) is 5.98. The van der Waals surface area contributed by atoms with Crippen LogP contribution in [0.25, 0.3) is 0 Å². The molecule has 3 amide bonds. The molecule has 8 heteroatoms. The summed E-state index contributed by atoms with van der Waals surface area (Å²) >= 11 is 5.98. The molecule has 1 N–H and O–H groups in total. The molecule has 0 radical (unpaired) electrons. The predicted molar refractivity (Wildman–Crippen MR) is 107 cm³/mol. The summed E-state index contributed by atoms with van der Waals surface area (Å²) < 4.78 is 5.11. The highest BCUT2D eigenvalue weighted by Gasteiger charge is 2.44. The molecular formula is C21H19ClN2O5. The first-order chi connectivity index (χ1) is 13.8. The molecule has 0 bridgehead atoms. The number of imide groups is 1. The molecule has 0 saturated heterocycles. The third-order valence-corrected chi connectivity index (χ3v) is 4.80. The van der Waals surface area contributed by atoms with Crippen LogP contribution in [0.15, 0.2) is 48.5 Å². The summed E-state index contributed by atoms with van der Waals surface area (Å²) in [6.45, 7) is 2.81. The van der Waals surface area contributed by atoms with Crippen LogP contribution in [0.5, 0.6) is 0 Å². The third-order valence-electron chi connectivity index (χ3n) is 4.47. The van der Waals surface area contributed by atoms with E-state index in [4.69, 9.17) is 16.3 Å². The Morgan fingerprint density at radius 1 is 1.00 bits per heavy atom. The van der Waals surface area contributed by atoms with Gasteiger partial charge in [-0.25, -0.2) is 4.79 Å². The van der Waals surface area contributed by atoms with Gasteiger partial charge in [-0.05, 0) is 30.2 Å². The van der Waals surface area contributed by atoms with Gasteiger partial charge in [0.15, 0.2) is 6.61 Å². The summed E-state index contributed by atoms with van der Waals surface area (Å²) in [4.78, 5) is 51.0. The van der Waals surface area contributed by atoms with Gasteiger partial charge >= 0.3 is 5.97 Å². The normalized spacial score (nSPS) is 14.0. The number of para-hydroxylation sites is 1. The van der Waals surface area contributed by atoms with Crippen molar-refractivity contribution in [2.24, 2.45) is 5.92 Å². The molecule has 0 spiro atoms. The smallest absolute Gasteiger partial charge is 0.330 e. The average molecular weight is 415 g/mol. The predicted octanol–water partition coefficient (Wildman–Crippen LogP) is 3.14. The number of amides is 3. The molecule has 29 heavy (non-hydrogen) atoms. The van der Waals surface area contributed by atoms with Crippen molar-refractivity contribution in [3.8, 4) is 0 Å². The van der Waals surface area contributed by atoms with Gasteiger partial charge in [0.1, 0.15) is 6.04 Å². The van der Waals surface area contributed by atoms with Crippen LogP contribution in [0.3, 0.4) is 0 Å². The van der Waals surface area contributed by atoms with Crippen molar-refractivity contribution in [1.29, 1.82) is 0 Å². The van der Waals surface area contributed by atoms with E-state index in [2.05, 4.69) is 5.32 Å². The number of esters is 1. The van der Waals surface area contributed by atoms with E-state index in [9.17, 15) is 19.2 Å². The van der Waals surface area contributed by atoms with Crippen LogP contribution in [0.1, 0.15) is 34.6 Å². The van der Waals surface area contributed by atoms with Gasteiger partial charge in [0.2, 0.25) is 0 Å². The number of anilines is 1. The fourth-order valence-electron chi connectivity index (χ4n) is 3.11. The van der Waals surface area contributed by atoms with Gasteiger partial charge in [-0.15, -0.1) is 0 Å². The SMILES string of the molecule is CC(C)[C@@H](C(=O)OCC(=O)Nc1ccccc1Cl)N1C(=O)c2ccccc2C1=O. The molecule has 0 aliphatic carbocycles. The van der Waals surface area contributed by atoms with Crippen LogP contribution in [-0.2, 0) is 14.3 Å². The molecule has 1 atom stereocenters. The number of carbonyl (C=O) groups is 4. The van der Waals surface area contributed by atoms with Gasteiger partial charge in [-0.3, -0.25) is 19.3 Å². The second-order valence-corrected chi connectivity index (χ2v) is 7.26. The number of hydrogen-bond donors (Lipinski definition) is 1. The average Bonchev–Trinajstić information content (AvgIpc) is 2.94. The quantitative estimate of drug-likeness (QED) is 0.579. The highest BCUT2D eigenvalue weighted by molar-refractivity contribution is 6.33. The standard InChI is InChI=1S/C21H19ClN2O5/c1-12(2)18(24-19(26)13-7-3-4-8-14(13)20(24)27)21(28)29-11-17(25)23-16-10-6-5-9-15(16)22/h3-10,12,18H,11H2,1-2H3,(H,23,25)/t18-/m0/s1. The number of benzene rings is 2. The third kappa shape index (κ3) is 4.14. The van der Waals surface area contributed by atoms with Gasteiger partial charge in [0.25, 0.3) is 17.7 Å². The number of halogens is 1. The Labute approximate surface area is 172 Å². The zero-order valence-corrected chi connectivity index (χ0v) is 16.6.